The molecule has 0 saturated carbocycles. The Kier molecular flexibility index (Phi) is 3.69. The van der Waals surface area contributed by atoms with E-state index in [-0.39, 0.29) is 12.2 Å². The van der Waals surface area contributed by atoms with Gasteiger partial charge in [0.25, 0.3) is 0 Å². The van der Waals surface area contributed by atoms with Crippen LogP contribution < -0.4 is 10.2 Å². The van der Waals surface area contributed by atoms with Crippen molar-refractivity contribution in [1.82, 2.24) is 20.5 Å². The Morgan fingerprint density at radius 2 is 2.00 bits per heavy atom. The Morgan fingerprint density at radius 3 is 2.65 bits per heavy atom. The second-order valence-corrected chi connectivity index (χ2v) is 6.25. The fraction of sp³-hybridized carbons (Fsp3) is 0.857. The lowest BCUT2D eigenvalue weighted by Gasteiger charge is -2.30. The Bertz CT molecular complexity index is 462. The molecule has 0 aromatic carbocycles. The molecule has 4 unspecified atom stereocenters. The fourth-order valence-electron chi connectivity index (χ4n) is 3.41. The van der Waals surface area contributed by atoms with E-state index in [1.807, 2.05) is 0 Å². The van der Waals surface area contributed by atoms with E-state index < -0.39 is 0 Å². The average molecular weight is 279 g/mol. The molecular formula is C14H25N5O. The molecule has 0 aliphatic carbocycles. The molecule has 1 aromatic heterocycles. The minimum absolute atomic E-state index is 0.197. The summed E-state index contributed by atoms with van der Waals surface area (Å²) in [5, 5.41) is 11.0. The van der Waals surface area contributed by atoms with Crippen LogP contribution in [0.1, 0.15) is 39.4 Å². The zero-order valence-corrected chi connectivity index (χ0v) is 12.8. The summed E-state index contributed by atoms with van der Waals surface area (Å²) < 4.78 is 5.90. The Morgan fingerprint density at radius 1 is 1.20 bits per heavy atom. The number of rotatable bonds is 2. The third-order valence-corrected chi connectivity index (χ3v) is 4.70. The highest BCUT2D eigenvalue weighted by Gasteiger charge is 2.40. The molecule has 5 atom stereocenters. The third-order valence-electron chi connectivity index (χ3n) is 4.70. The zero-order chi connectivity index (χ0) is 14.3. The van der Waals surface area contributed by atoms with Crippen molar-refractivity contribution >= 4 is 5.95 Å². The van der Waals surface area contributed by atoms with Crippen molar-refractivity contribution in [2.75, 3.05) is 24.5 Å². The van der Waals surface area contributed by atoms with Gasteiger partial charge in [0.15, 0.2) is 0 Å². The van der Waals surface area contributed by atoms with Gasteiger partial charge in [-0.1, -0.05) is 6.92 Å². The van der Waals surface area contributed by atoms with Gasteiger partial charge >= 0.3 is 0 Å². The van der Waals surface area contributed by atoms with Crippen molar-refractivity contribution in [2.45, 2.75) is 51.9 Å². The van der Waals surface area contributed by atoms with Gasteiger partial charge in [-0.15, -0.1) is 5.10 Å². The smallest absolute Gasteiger partial charge is 0.244 e. The van der Waals surface area contributed by atoms with Crippen molar-refractivity contribution < 1.29 is 4.74 Å². The lowest BCUT2D eigenvalue weighted by atomic mass is 9.89. The molecular weight excluding hydrogens is 254 g/mol. The molecule has 2 fully saturated rings. The lowest BCUT2D eigenvalue weighted by molar-refractivity contribution is 0.0553. The Labute approximate surface area is 120 Å². The van der Waals surface area contributed by atoms with Gasteiger partial charge < -0.3 is 15.0 Å². The first-order valence-electron chi connectivity index (χ1n) is 7.62. The molecule has 0 bridgehead atoms. The molecule has 112 valence electrons. The molecule has 6 heteroatoms. The molecule has 20 heavy (non-hydrogen) atoms. The van der Waals surface area contributed by atoms with E-state index in [1.165, 1.54) is 0 Å². The Balaban J connectivity index is 1.76. The first-order chi connectivity index (χ1) is 9.56. The highest BCUT2D eigenvalue weighted by atomic mass is 16.5. The molecule has 3 rings (SSSR count). The molecule has 0 amide bonds. The van der Waals surface area contributed by atoms with Crippen LogP contribution in [0.3, 0.4) is 0 Å². The number of aromatic amines is 1. The van der Waals surface area contributed by atoms with Gasteiger partial charge in [0.1, 0.15) is 5.82 Å². The molecule has 3 heterocycles. The van der Waals surface area contributed by atoms with E-state index in [0.29, 0.717) is 17.9 Å². The minimum atomic E-state index is 0.197. The molecule has 0 radical (unpaired) electrons. The van der Waals surface area contributed by atoms with Crippen LogP contribution in [0.15, 0.2) is 0 Å². The molecule has 2 aliphatic rings. The summed E-state index contributed by atoms with van der Waals surface area (Å²) in [5.41, 5.74) is 0. The first-order valence-corrected chi connectivity index (χ1v) is 7.62. The zero-order valence-electron chi connectivity index (χ0n) is 12.8. The number of hydrogen-bond donors (Lipinski definition) is 2. The van der Waals surface area contributed by atoms with Gasteiger partial charge in [-0.3, -0.25) is 5.10 Å². The van der Waals surface area contributed by atoms with Crippen molar-refractivity contribution in [3.8, 4) is 0 Å². The van der Waals surface area contributed by atoms with Crippen LogP contribution in [-0.4, -0.2) is 53.1 Å². The van der Waals surface area contributed by atoms with E-state index in [0.717, 1.165) is 31.4 Å². The van der Waals surface area contributed by atoms with E-state index in [4.69, 9.17) is 9.72 Å². The quantitative estimate of drug-likeness (QED) is 0.849. The van der Waals surface area contributed by atoms with Crippen molar-refractivity contribution in [2.24, 2.45) is 5.92 Å². The van der Waals surface area contributed by atoms with Gasteiger partial charge in [0, 0.05) is 31.6 Å². The number of piperazine rings is 1. The van der Waals surface area contributed by atoms with E-state index >= 15 is 0 Å². The number of ether oxygens (including phenoxy) is 1. The molecule has 1 aromatic rings. The number of nitrogens with zero attached hydrogens (tertiary/aromatic N) is 3. The summed E-state index contributed by atoms with van der Waals surface area (Å²) >= 11 is 0. The second kappa shape index (κ2) is 5.33. The van der Waals surface area contributed by atoms with Crippen LogP contribution in [0.25, 0.3) is 0 Å². The minimum Gasteiger partial charge on any atom is -0.374 e. The highest BCUT2D eigenvalue weighted by molar-refractivity contribution is 5.31. The van der Waals surface area contributed by atoms with E-state index in [2.05, 4.69) is 48.1 Å². The number of hydrogen-bond acceptors (Lipinski definition) is 5. The van der Waals surface area contributed by atoms with Crippen LogP contribution in [-0.2, 0) is 4.74 Å². The summed E-state index contributed by atoms with van der Waals surface area (Å²) in [5.74, 6) is 2.57. The van der Waals surface area contributed by atoms with Crippen molar-refractivity contribution in [3.05, 3.63) is 5.82 Å². The fourth-order valence-corrected chi connectivity index (χ4v) is 3.41. The maximum atomic E-state index is 5.90. The maximum absolute atomic E-state index is 5.90. The molecule has 2 aliphatic heterocycles. The number of anilines is 1. The number of H-pyrrole nitrogens is 1. The van der Waals surface area contributed by atoms with Crippen LogP contribution in [0, 0.1) is 5.92 Å². The normalized spacial score (nSPS) is 38.4. The Hall–Kier alpha value is -1.14. The van der Waals surface area contributed by atoms with Gasteiger partial charge in [0.05, 0.1) is 12.2 Å². The largest absolute Gasteiger partial charge is 0.374 e. The molecule has 6 nitrogen and oxygen atoms in total. The molecule has 0 spiro atoms. The van der Waals surface area contributed by atoms with E-state index in [1.54, 1.807) is 0 Å². The SMILES string of the molecule is CC1OC(C)C(c2nc(N3CCN[C@H](C)C3)n[nH]2)C1C. The van der Waals surface area contributed by atoms with Gasteiger partial charge in [-0.05, 0) is 26.7 Å². The summed E-state index contributed by atoms with van der Waals surface area (Å²) in [6.07, 6.45) is 0.477. The topological polar surface area (TPSA) is 66.1 Å². The summed E-state index contributed by atoms with van der Waals surface area (Å²) in [7, 11) is 0. The predicted octanol–water partition coefficient (Wildman–Crippen LogP) is 1.13. The molecule has 2 saturated heterocycles. The van der Waals surface area contributed by atoms with Crippen molar-refractivity contribution in [1.29, 1.82) is 0 Å². The van der Waals surface area contributed by atoms with Gasteiger partial charge in [-0.2, -0.15) is 4.98 Å². The third kappa shape index (κ3) is 2.42. The average Bonchev–Trinajstić information content (AvgIpc) is 2.96. The van der Waals surface area contributed by atoms with Gasteiger partial charge in [-0.25, -0.2) is 0 Å². The molecule has 2 N–H and O–H groups in total. The first kappa shape index (κ1) is 13.8. The highest BCUT2D eigenvalue weighted by Crippen LogP contribution is 2.38. The van der Waals surface area contributed by atoms with Crippen LogP contribution in [0.2, 0.25) is 0 Å². The van der Waals surface area contributed by atoms with Crippen molar-refractivity contribution in [3.63, 3.8) is 0 Å². The number of aromatic nitrogens is 3. The number of nitrogens with one attached hydrogen (secondary N) is 2. The van der Waals surface area contributed by atoms with E-state index in [9.17, 15) is 0 Å². The summed E-state index contributed by atoms with van der Waals surface area (Å²) in [6.45, 7) is 11.6. The lowest BCUT2D eigenvalue weighted by Crippen LogP contribution is -2.49. The predicted molar refractivity (Wildman–Crippen MR) is 78.0 cm³/mol. The van der Waals surface area contributed by atoms with Gasteiger partial charge in [0.2, 0.25) is 5.95 Å². The monoisotopic (exact) mass is 279 g/mol. The van der Waals surface area contributed by atoms with Crippen LogP contribution in [0.4, 0.5) is 5.95 Å². The standard InChI is InChI=1S/C14H25N5O/c1-8-7-19(6-5-15-8)14-16-13(17-18-14)12-9(2)10(3)20-11(12)4/h8-12,15H,5-7H2,1-4H3,(H,16,17,18)/t8-,9?,10?,11?,12?/m1/s1. The summed E-state index contributed by atoms with van der Waals surface area (Å²) in [6, 6.07) is 0.485. The van der Waals surface area contributed by atoms with Crippen LogP contribution >= 0.6 is 0 Å². The summed E-state index contributed by atoms with van der Waals surface area (Å²) in [4.78, 5) is 6.98. The van der Waals surface area contributed by atoms with Crippen LogP contribution in [0.5, 0.6) is 0 Å². The second-order valence-electron chi connectivity index (χ2n) is 6.25. The maximum Gasteiger partial charge on any atom is 0.244 e.